The number of aromatic hydroxyl groups is 1. The van der Waals surface area contributed by atoms with Gasteiger partial charge in [-0.05, 0) is 73.8 Å². The maximum Gasteiger partial charge on any atom is 0.234 e. The van der Waals surface area contributed by atoms with E-state index >= 15 is 0 Å². The molecule has 6 rings (SSSR count). The van der Waals surface area contributed by atoms with Crippen LogP contribution >= 0.6 is 0 Å². The first-order chi connectivity index (χ1) is 21.0. The van der Waals surface area contributed by atoms with Gasteiger partial charge >= 0.3 is 0 Å². The standard InChI is InChI=1S/C37H46N2O4/c1-3-8-25(21-26-11-14-30(40)15-12-26)13-16-33-34-28(4-2)22-31-35(32(34)24-43-33)37(42)39(36(31)41)29-17-19-38(20-18-29)23-27-9-6-5-7-10-27/h5-7,9-12,14-15,21,29,31-33,35,40H,3-4,8,13,16-20,22-24H2,1-2H3/b25-21+/t31-,32+,33-,35-/m1/s1. The summed E-state index contributed by atoms with van der Waals surface area (Å²) in [5.41, 5.74) is 6.45. The highest BCUT2D eigenvalue weighted by atomic mass is 16.5. The number of rotatable bonds is 10. The Morgan fingerprint density at radius 3 is 2.40 bits per heavy atom. The quantitative estimate of drug-likeness (QED) is 0.248. The van der Waals surface area contributed by atoms with Gasteiger partial charge in [-0.1, -0.05) is 80.0 Å². The minimum absolute atomic E-state index is 0.00547. The number of likely N-dealkylation sites (tertiary alicyclic amines) is 2. The summed E-state index contributed by atoms with van der Waals surface area (Å²) in [4.78, 5) is 32.0. The Balaban J connectivity index is 1.12. The summed E-state index contributed by atoms with van der Waals surface area (Å²) in [6, 6.07) is 17.9. The van der Waals surface area contributed by atoms with E-state index in [1.807, 2.05) is 18.2 Å². The zero-order chi connectivity index (χ0) is 29.9. The maximum absolute atomic E-state index is 14.0. The summed E-state index contributed by atoms with van der Waals surface area (Å²) < 4.78 is 6.46. The maximum atomic E-state index is 14.0. The molecule has 3 aliphatic heterocycles. The first-order valence-electron chi connectivity index (χ1n) is 16.4. The number of piperidine rings is 1. The number of benzene rings is 2. The first-order valence-corrected chi connectivity index (χ1v) is 16.4. The van der Waals surface area contributed by atoms with Crippen LogP contribution in [0.5, 0.6) is 5.75 Å². The molecule has 0 bridgehead atoms. The second-order valence-corrected chi connectivity index (χ2v) is 12.9. The Morgan fingerprint density at radius 1 is 0.953 bits per heavy atom. The lowest BCUT2D eigenvalue weighted by Crippen LogP contribution is -2.47. The molecule has 43 heavy (non-hydrogen) atoms. The third-order valence-corrected chi connectivity index (χ3v) is 10.2. The predicted molar refractivity (Wildman–Crippen MR) is 169 cm³/mol. The Bertz CT molecular complexity index is 1360. The van der Waals surface area contributed by atoms with Crippen LogP contribution < -0.4 is 0 Å². The molecule has 2 aromatic carbocycles. The monoisotopic (exact) mass is 582 g/mol. The molecule has 2 amide bonds. The van der Waals surface area contributed by atoms with Crippen LogP contribution in [0.1, 0.15) is 76.3 Å². The van der Waals surface area contributed by atoms with Gasteiger partial charge in [-0.2, -0.15) is 0 Å². The van der Waals surface area contributed by atoms with E-state index in [4.69, 9.17) is 4.74 Å². The molecule has 3 heterocycles. The van der Waals surface area contributed by atoms with Crippen molar-refractivity contribution in [1.82, 2.24) is 9.80 Å². The second-order valence-electron chi connectivity index (χ2n) is 12.9. The Kier molecular flexibility index (Phi) is 9.15. The fourth-order valence-electron chi connectivity index (χ4n) is 8.09. The Morgan fingerprint density at radius 2 is 1.70 bits per heavy atom. The van der Waals surface area contributed by atoms with Crippen molar-refractivity contribution in [3.8, 4) is 5.75 Å². The molecule has 6 heteroatoms. The Labute approximate surface area is 256 Å². The number of fused-ring (bicyclic) bond motifs is 3. The normalized spacial score (nSPS) is 26.7. The number of ether oxygens (including phenoxy) is 1. The molecule has 0 unspecified atom stereocenters. The van der Waals surface area contributed by atoms with Crippen molar-refractivity contribution in [3.63, 3.8) is 0 Å². The average Bonchev–Trinajstić information content (AvgIpc) is 3.55. The number of hydrogen-bond donors (Lipinski definition) is 1. The van der Waals surface area contributed by atoms with E-state index < -0.39 is 0 Å². The van der Waals surface area contributed by atoms with Gasteiger partial charge in [-0.3, -0.25) is 19.4 Å². The van der Waals surface area contributed by atoms with E-state index in [0.717, 1.165) is 70.1 Å². The van der Waals surface area contributed by atoms with Gasteiger partial charge < -0.3 is 9.84 Å². The van der Waals surface area contributed by atoms with E-state index in [1.54, 1.807) is 17.0 Å². The number of carbonyl (C=O) groups is 2. The summed E-state index contributed by atoms with van der Waals surface area (Å²) in [6.07, 6.45) is 9.47. The number of amides is 2. The third kappa shape index (κ3) is 6.23. The van der Waals surface area contributed by atoms with Crippen molar-refractivity contribution in [2.24, 2.45) is 17.8 Å². The molecule has 4 atom stereocenters. The first kappa shape index (κ1) is 29.8. The topological polar surface area (TPSA) is 70.1 Å². The van der Waals surface area contributed by atoms with Gasteiger partial charge in [0, 0.05) is 31.6 Å². The van der Waals surface area contributed by atoms with Crippen LogP contribution in [-0.2, 0) is 20.9 Å². The van der Waals surface area contributed by atoms with Crippen LogP contribution in [0.3, 0.4) is 0 Å². The van der Waals surface area contributed by atoms with Crippen molar-refractivity contribution >= 4 is 17.9 Å². The summed E-state index contributed by atoms with van der Waals surface area (Å²) in [6.45, 7) is 7.65. The molecule has 0 radical (unpaired) electrons. The Hall–Kier alpha value is -3.22. The van der Waals surface area contributed by atoms with E-state index in [0.29, 0.717) is 13.0 Å². The average molecular weight is 583 g/mol. The van der Waals surface area contributed by atoms with E-state index in [1.165, 1.54) is 22.3 Å². The molecular formula is C37H46N2O4. The predicted octanol–water partition coefficient (Wildman–Crippen LogP) is 6.75. The highest BCUT2D eigenvalue weighted by Gasteiger charge is 2.58. The van der Waals surface area contributed by atoms with Crippen molar-refractivity contribution in [2.75, 3.05) is 19.7 Å². The van der Waals surface area contributed by atoms with Crippen LogP contribution in [0, 0.1) is 17.8 Å². The minimum Gasteiger partial charge on any atom is -0.508 e. The van der Waals surface area contributed by atoms with Gasteiger partial charge in [0.15, 0.2) is 0 Å². The smallest absolute Gasteiger partial charge is 0.234 e. The van der Waals surface area contributed by atoms with Gasteiger partial charge in [0.25, 0.3) is 0 Å². The second kappa shape index (κ2) is 13.2. The zero-order valence-corrected chi connectivity index (χ0v) is 25.7. The lowest BCUT2D eigenvalue weighted by molar-refractivity contribution is -0.144. The number of hydrogen-bond acceptors (Lipinski definition) is 5. The molecule has 1 N–H and O–H groups in total. The fraction of sp³-hybridized carbons (Fsp3) is 0.514. The molecule has 4 aliphatic rings. The van der Waals surface area contributed by atoms with Gasteiger partial charge in [-0.25, -0.2) is 0 Å². The molecule has 6 nitrogen and oxygen atoms in total. The summed E-state index contributed by atoms with van der Waals surface area (Å²) >= 11 is 0. The molecule has 1 aliphatic carbocycles. The lowest BCUT2D eigenvalue weighted by Gasteiger charge is -2.36. The molecule has 0 saturated carbocycles. The number of imide groups is 1. The minimum atomic E-state index is -0.271. The SMILES string of the molecule is CCC/C(=C\c1ccc(O)cc1)CC[C@H]1OC[C@H]2C1=C(CC)C[C@H]1C(=O)N(C3CCN(Cc4ccccc4)CC3)C(=O)[C@H]12. The van der Waals surface area contributed by atoms with Crippen molar-refractivity contribution in [1.29, 1.82) is 0 Å². The van der Waals surface area contributed by atoms with Gasteiger partial charge in [0.05, 0.1) is 24.5 Å². The highest BCUT2D eigenvalue weighted by Crippen LogP contribution is 2.51. The number of carbonyl (C=O) groups excluding carboxylic acids is 2. The van der Waals surface area contributed by atoms with Crippen LogP contribution in [0.25, 0.3) is 6.08 Å². The van der Waals surface area contributed by atoms with Crippen LogP contribution in [0.2, 0.25) is 0 Å². The van der Waals surface area contributed by atoms with Crippen molar-refractivity contribution in [2.45, 2.75) is 83.9 Å². The molecular weight excluding hydrogens is 536 g/mol. The van der Waals surface area contributed by atoms with E-state index in [-0.39, 0.29) is 47.5 Å². The third-order valence-electron chi connectivity index (χ3n) is 10.2. The number of phenols is 1. The number of nitrogens with zero attached hydrogens (tertiary/aromatic N) is 2. The summed E-state index contributed by atoms with van der Waals surface area (Å²) in [5, 5.41) is 9.66. The van der Waals surface area contributed by atoms with Crippen LogP contribution in [0.4, 0.5) is 0 Å². The molecule has 3 fully saturated rings. The largest absolute Gasteiger partial charge is 0.508 e. The molecule has 2 aromatic rings. The van der Waals surface area contributed by atoms with Crippen LogP contribution in [0.15, 0.2) is 71.3 Å². The van der Waals surface area contributed by atoms with Crippen LogP contribution in [-0.4, -0.2) is 58.6 Å². The molecule has 228 valence electrons. The highest BCUT2D eigenvalue weighted by molar-refractivity contribution is 6.06. The fourth-order valence-corrected chi connectivity index (χ4v) is 8.09. The van der Waals surface area contributed by atoms with Gasteiger partial charge in [-0.15, -0.1) is 0 Å². The van der Waals surface area contributed by atoms with E-state index in [2.05, 4.69) is 49.1 Å². The van der Waals surface area contributed by atoms with Gasteiger partial charge in [0.2, 0.25) is 11.8 Å². The van der Waals surface area contributed by atoms with Crippen molar-refractivity contribution in [3.05, 3.63) is 82.4 Å². The molecule has 3 saturated heterocycles. The zero-order valence-electron chi connectivity index (χ0n) is 25.7. The summed E-state index contributed by atoms with van der Waals surface area (Å²) in [5.74, 6) is -0.0849. The molecule has 0 aromatic heterocycles. The van der Waals surface area contributed by atoms with E-state index in [9.17, 15) is 14.7 Å². The number of phenolic OH excluding ortho intramolecular Hbond substituents is 1. The lowest BCUT2D eigenvalue weighted by atomic mass is 9.69. The molecule has 0 spiro atoms. The van der Waals surface area contributed by atoms with Gasteiger partial charge in [0.1, 0.15) is 5.75 Å². The summed E-state index contributed by atoms with van der Waals surface area (Å²) in [7, 11) is 0. The number of allylic oxidation sites excluding steroid dienone is 2. The van der Waals surface area contributed by atoms with Crippen molar-refractivity contribution < 1.29 is 19.4 Å².